The van der Waals surface area contributed by atoms with Crippen LogP contribution in [0.2, 0.25) is 0 Å². The Labute approximate surface area is 193 Å². The molecular weight excluding hydrogens is 455 g/mol. The molecule has 1 aliphatic carbocycles. The van der Waals surface area contributed by atoms with Crippen LogP contribution in [0, 0.1) is 5.82 Å². The average molecular weight is 487 g/mol. The molecule has 0 unspecified atom stereocenters. The number of nitrogens with zero attached hydrogens (tertiary/aromatic N) is 1. The van der Waals surface area contributed by atoms with Crippen molar-refractivity contribution in [3.05, 3.63) is 29.6 Å². The molecule has 0 bridgehead atoms. The third kappa shape index (κ3) is 7.38. The largest absolute Gasteiger partial charge is 0.488 e. The van der Waals surface area contributed by atoms with E-state index in [0.717, 1.165) is 0 Å². The second kappa shape index (κ2) is 9.94. The lowest BCUT2D eigenvalue weighted by Crippen LogP contribution is -2.50. The number of amides is 3. The van der Waals surface area contributed by atoms with E-state index in [1.54, 1.807) is 19.9 Å². The van der Waals surface area contributed by atoms with Crippen LogP contribution >= 0.6 is 0 Å². The normalized spacial score (nSPS) is 18.2. The lowest BCUT2D eigenvalue weighted by atomic mass is 9.98. The summed E-state index contributed by atoms with van der Waals surface area (Å²) in [6.45, 7) is 3.44. The zero-order valence-corrected chi connectivity index (χ0v) is 19.7. The number of carbonyl (C=O) groups excluding carboxylic acids is 2. The van der Waals surface area contributed by atoms with Gasteiger partial charge < -0.3 is 19.5 Å². The van der Waals surface area contributed by atoms with E-state index in [2.05, 4.69) is 5.32 Å². The second-order valence-corrected chi connectivity index (χ2v) is 11.6. The standard InChI is InChI=1S/C22H31FN2O7S/c1-21(2,28)13-32-18-12-16(4-5-17(18)23)22(7-8-22)14-33(29,30)11-3-10-31-15-25-9-6-19(26)24-20(25)27/h4-5,12,28H,3,6-11,13-15H2,1-2H3,(H,24,26,27). The van der Waals surface area contributed by atoms with Gasteiger partial charge in [0, 0.05) is 25.0 Å². The number of sulfone groups is 1. The maximum absolute atomic E-state index is 14.1. The summed E-state index contributed by atoms with van der Waals surface area (Å²) in [5.74, 6) is -1.01. The van der Waals surface area contributed by atoms with Gasteiger partial charge in [-0.3, -0.25) is 10.1 Å². The molecule has 3 rings (SSSR count). The predicted molar refractivity (Wildman–Crippen MR) is 118 cm³/mol. The zero-order valence-electron chi connectivity index (χ0n) is 18.9. The lowest BCUT2D eigenvalue weighted by Gasteiger charge is -2.26. The van der Waals surface area contributed by atoms with Gasteiger partial charge in [0.05, 0.1) is 17.1 Å². The van der Waals surface area contributed by atoms with E-state index in [4.69, 9.17) is 9.47 Å². The Hall–Kier alpha value is -2.24. The summed E-state index contributed by atoms with van der Waals surface area (Å²) in [6.07, 6.45) is 1.85. The van der Waals surface area contributed by atoms with E-state index in [9.17, 15) is 27.5 Å². The van der Waals surface area contributed by atoms with Crippen LogP contribution in [-0.2, 0) is 24.8 Å². The van der Waals surface area contributed by atoms with Crippen molar-refractivity contribution < 1.29 is 37.0 Å². The number of urea groups is 1. The van der Waals surface area contributed by atoms with Crippen molar-refractivity contribution in [1.82, 2.24) is 10.2 Å². The van der Waals surface area contributed by atoms with Crippen LogP contribution in [0.1, 0.15) is 45.1 Å². The fourth-order valence-corrected chi connectivity index (χ4v) is 5.64. The van der Waals surface area contributed by atoms with Gasteiger partial charge in [-0.2, -0.15) is 0 Å². The molecular formula is C22H31FN2O7S. The number of ether oxygens (including phenoxy) is 2. The van der Waals surface area contributed by atoms with Gasteiger partial charge in [-0.05, 0) is 50.8 Å². The molecule has 1 saturated carbocycles. The summed E-state index contributed by atoms with van der Waals surface area (Å²) in [6, 6.07) is 3.87. The highest BCUT2D eigenvalue weighted by atomic mass is 32.2. The third-order valence-corrected chi connectivity index (χ3v) is 7.51. The van der Waals surface area contributed by atoms with Gasteiger partial charge in [0.2, 0.25) is 5.91 Å². The number of rotatable bonds is 12. The fourth-order valence-electron chi connectivity index (χ4n) is 3.64. The molecule has 2 N–H and O–H groups in total. The Kier molecular flexibility index (Phi) is 7.65. The Balaban J connectivity index is 1.49. The number of halogens is 1. The maximum atomic E-state index is 14.1. The van der Waals surface area contributed by atoms with Crippen LogP contribution in [0.25, 0.3) is 0 Å². The number of hydrogen-bond donors (Lipinski definition) is 2. The van der Waals surface area contributed by atoms with E-state index in [-0.39, 0.29) is 62.5 Å². The van der Waals surface area contributed by atoms with Gasteiger partial charge in [-0.25, -0.2) is 17.6 Å². The number of hydrogen-bond acceptors (Lipinski definition) is 7. The van der Waals surface area contributed by atoms with Crippen molar-refractivity contribution in [2.45, 2.75) is 50.5 Å². The van der Waals surface area contributed by atoms with E-state index >= 15 is 0 Å². The molecule has 1 saturated heterocycles. The first-order chi connectivity index (χ1) is 15.4. The highest BCUT2D eigenvalue weighted by Gasteiger charge is 2.47. The van der Waals surface area contributed by atoms with Crippen LogP contribution in [0.15, 0.2) is 18.2 Å². The molecule has 0 atom stereocenters. The number of nitrogens with one attached hydrogen (secondary N) is 1. The molecule has 1 aliphatic heterocycles. The summed E-state index contributed by atoms with van der Waals surface area (Å²) in [5.41, 5.74) is -0.973. The first-order valence-corrected chi connectivity index (χ1v) is 12.7. The number of imide groups is 1. The van der Waals surface area contributed by atoms with Crippen LogP contribution in [0.5, 0.6) is 5.75 Å². The smallest absolute Gasteiger partial charge is 0.325 e. The maximum Gasteiger partial charge on any atom is 0.325 e. The van der Waals surface area contributed by atoms with Crippen molar-refractivity contribution in [3.8, 4) is 5.75 Å². The van der Waals surface area contributed by atoms with Crippen LogP contribution in [-0.4, -0.2) is 74.0 Å². The molecule has 0 spiro atoms. The van der Waals surface area contributed by atoms with Crippen molar-refractivity contribution in [3.63, 3.8) is 0 Å². The molecule has 3 amide bonds. The minimum atomic E-state index is -3.40. The van der Waals surface area contributed by atoms with E-state index < -0.39 is 32.7 Å². The zero-order chi connectivity index (χ0) is 24.3. The Morgan fingerprint density at radius 3 is 2.64 bits per heavy atom. The molecule has 9 nitrogen and oxygen atoms in total. The van der Waals surface area contributed by atoms with Gasteiger partial charge in [0.1, 0.15) is 13.3 Å². The molecule has 184 valence electrons. The predicted octanol–water partition coefficient (Wildman–Crippen LogP) is 1.73. The molecule has 0 radical (unpaired) electrons. The van der Waals surface area contributed by atoms with Gasteiger partial charge >= 0.3 is 6.03 Å². The Bertz CT molecular complexity index is 987. The second-order valence-electron chi connectivity index (χ2n) is 9.38. The fraction of sp³-hybridized carbons (Fsp3) is 0.636. The van der Waals surface area contributed by atoms with Gasteiger partial charge in [-0.1, -0.05) is 6.07 Å². The van der Waals surface area contributed by atoms with Crippen molar-refractivity contribution in [1.29, 1.82) is 0 Å². The van der Waals surface area contributed by atoms with E-state index in [0.29, 0.717) is 18.4 Å². The van der Waals surface area contributed by atoms with E-state index in [1.807, 2.05) is 0 Å². The van der Waals surface area contributed by atoms with Gasteiger partial charge in [-0.15, -0.1) is 0 Å². The highest BCUT2D eigenvalue weighted by Crippen LogP contribution is 2.50. The van der Waals surface area contributed by atoms with Gasteiger partial charge in [0.15, 0.2) is 21.4 Å². The molecule has 1 aromatic rings. The first kappa shape index (κ1) is 25.4. The number of benzene rings is 1. The van der Waals surface area contributed by atoms with Crippen LogP contribution in [0.4, 0.5) is 9.18 Å². The molecule has 1 aromatic carbocycles. The molecule has 2 fully saturated rings. The van der Waals surface area contributed by atoms with Crippen LogP contribution in [0.3, 0.4) is 0 Å². The molecule has 33 heavy (non-hydrogen) atoms. The molecule has 11 heteroatoms. The molecule has 1 heterocycles. The lowest BCUT2D eigenvalue weighted by molar-refractivity contribution is -0.122. The summed E-state index contributed by atoms with van der Waals surface area (Å²) >= 11 is 0. The average Bonchev–Trinajstić information content (AvgIpc) is 3.47. The Morgan fingerprint density at radius 2 is 2.00 bits per heavy atom. The van der Waals surface area contributed by atoms with Crippen molar-refractivity contribution in [2.24, 2.45) is 0 Å². The first-order valence-electron chi connectivity index (χ1n) is 10.9. The molecule has 0 aromatic heterocycles. The van der Waals surface area contributed by atoms with Crippen LogP contribution < -0.4 is 10.1 Å². The third-order valence-electron chi connectivity index (χ3n) is 5.61. The summed E-state index contributed by atoms with van der Waals surface area (Å²) < 4.78 is 50.4. The quantitative estimate of drug-likeness (QED) is 0.432. The number of carbonyl (C=O) groups is 2. The van der Waals surface area contributed by atoms with Gasteiger partial charge in [0.25, 0.3) is 0 Å². The topological polar surface area (TPSA) is 122 Å². The van der Waals surface area contributed by atoms with E-state index in [1.165, 1.54) is 17.0 Å². The summed E-state index contributed by atoms with van der Waals surface area (Å²) in [7, 11) is -3.40. The van der Waals surface area contributed by atoms with Crippen molar-refractivity contribution >= 4 is 21.8 Å². The van der Waals surface area contributed by atoms with Crippen molar-refractivity contribution in [2.75, 3.05) is 38.0 Å². The summed E-state index contributed by atoms with van der Waals surface area (Å²) in [5, 5.41) is 12.0. The molecule has 2 aliphatic rings. The monoisotopic (exact) mass is 486 g/mol. The SMILES string of the molecule is CC(C)(O)COc1cc(C2(CS(=O)(=O)CCCOCN3CCC(=O)NC3=O)CC2)ccc1F. The minimum Gasteiger partial charge on any atom is -0.488 e. The highest BCUT2D eigenvalue weighted by molar-refractivity contribution is 7.91. The Morgan fingerprint density at radius 1 is 1.27 bits per heavy atom. The summed E-state index contributed by atoms with van der Waals surface area (Å²) in [4.78, 5) is 24.1. The number of aliphatic hydroxyl groups is 1. The minimum absolute atomic E-state index is 0.00449.